The SMILES string of the molecule is CCCC1(CNCC(N)CC(C)C)CC1. The van der Waals surface area contributed by atoms with E-state index < -0.39 is 0 Å². The van der Waals surface area contributed by atoms with E-state index in [1.807, 2.05) is 0 Å². The summed E-state index contributed by atoms with van der Waals surface area (Å²) in [5.41, 5.74) is 6.69. The lowest BCUT2D eigenvalue weighted by Crippen LogP contribution is -2.37. The zero-order valence-electron chi connectivity index (χ0n) is 10.7. The predicted octanol–water partition coefficient (Wildman–Crippen LogP) is 2.53. The van der Waals surface area contributed by atoms with Crippen LogP contribution in [0.3, 0.4) is 0 Å². The maximum absolute atomic E-state index is 6.04. The molecule has 0 aliphatic heterocycles. The molecule has 2 nitrogen and oxygen atoms in total. The predicted molar refractivity (Wildman–Crippen MR) is 66.9 cm³/mol. The quantitative estimate of drug-likeness (QED) is 0.649. The molecular formula is C13H28N2. The van der Waals surface area contributed by atoms with Gasteiger partial charge in [-0.25, -0.2) is 0 Å². The van der Waals surface area contributed by atoms with Gasteiger partial charge >= 0.3 is 0 Å². The monoisotopic (exact) mass is 212 g/mol. The molecule has 90 valence electrons. The van der Waals surface area contributed by atoms with E-state index in [0.29, 0.717) is 17.4 Å². The largest absolute Gasteiger partial charge is 0.327 e. The van der Waals surface area contributed by atoms with Gasteiger partial charge in [0, 0.05) is 19.1 Å². The summed E-state index contributed by atoms with van der Waals surface area (Å²) in [6.45, 7) is 8.93. The van der Waals surface area contributed by atoms with Crippen LogP contribution >= 0.6 is 0 Å². The Morgan fingerprint density at radius 2 is 2.00 bits per heavy atom. The summed E-state index contributed by atoms with van der Waals surface area (Å²) < 4.78 is 0. The Morgan fingerprint density at radius 3 is 2.47 bits per heavy atom. The molecule has 1 fully saturated rings. The van der Waals surface area contributed by atoms with Crippen molar-refractivity contribution >= 4 is 0 Å². The normalized spacial score (nSPS) is 20.6. The smallest absolute Gasteiger partial charge is 0.0167 e. The minimum Gasteiger partial charge on any atom is -0.327 e. The third kappa shape index (κ3) is 4.98. The second-order valence-corrected chi connectivity index (χ2v) is 5.77. The van der Waals surface area contributed by atoms with E-state index in [-0.39, 0.29) is 0 Å². The second-order valence-electron chi connectivity index (χ2n) is 5.77. The maximum atomic E-state index is 6.04. The molecule has 3 N–H and O–H groups in total. The van der Waals surface area contributed by atoms with Crippen LogP contribution in [-0.4, -0.2) is 19.1 Å². The molecule has 0 radical (unpaired) electrons. The summed E-state index contributed by atoms with van der Waals surface area (Å²) in [5, 5.41) is 3.55. The van der Waals surface area contributed by atoms with E-state index in [1.54, 1.807) is 0 Å². The molecule has 0 heterocycles. The van der Waals surface area contributed by atoms with Crippen LogP contribution in [0.5, 0.6) is 0 Å². The van der Waals surface area contributed by atoms with Gasteiger partial charge in [-0.2, -0.15) is 0 Å². The Morgan fingerprint density at radius 1 is 1.33 bits per heavy atom. The average molecular weight is 212 g/mol. The molecule has 2 heteroatoms. The molecule has 1 rings (SSSR count). The van der Waals surface area contributed by atoms with Crippen LogP contribution < -0.4 is 11.1 Å². The molecule has 1 aliphatic carbocycles. The van der Waals surface area contributed by atoms with Crippen molar-refractivity contribution in [3.8, 4) is 0 Å². The topological polar surface area (TPSA) is 38.0 Å². The average Bonchev–Trinajstić information content (AvgIpc) is 2.84. The first kappa shape index (κ1) is 13.0. The van der Waals surface area contributed by atoms with Crippen molar-refractivity contribution in [2.75, 3.05) is 13.1 Å². The lowest BCUT2D eigenvalue weighted by Gasteiger charge is -2.18. The molecular weight excluding hydrogens is 184 g/mol. The van der Waals surface area contributed by atoms with E-state index in [2.05, 4.69) is 26.1 Å². The maximum Gasteiger partial charge on any atom is 0.0167 e. The van der Waals surface area contributed by atoms with Crippen LogP contribution in [0.15, 0.2) is 0 Å². The summed E-state index contributed by atoms with van der Waals surface area (Å²) in [7, 11) is 0. The molecule has 1 aliphatic rings. The van der Waals surface area contributed by atoms with E-state index in [9.17, 15) is 0 Å². The van der Waals surface area contributed by atoms with Gasteiger partial charge in [-0.3, -0.25) is 0 Å². The number of rotatable bonds is 8. The standard InChI is InChI=1S/C13H28N2/c1-4-5-13(6-7-13)10-15-9-12(14)8-11(2)3/h11-12,15H,4-10,14H2,1-3H3. The summed E-state index contributed by atoms with van der Waals surface area (Å²) in [5.74, 6) is 0.715. The van der Waals surface area contributed by atoms with Crippen LogP contribution in [0.1, 0.15) is 52.9 Å². The van der Waals surface area contributed by atoms with Crippen molar-refractivity contribution in [3.63, 3.8) is 0 Å². The van der Waals surface area contributed by atoms with Gasteiger partial charge in [-0.1, -0.05) is 27.2 Å². The highest BCUT2D eigenvalue weighted by atomic mass is 14.9. The Hall–Kier alpha value is -0.0800. The first-order valence-corrected chi connectivity index (χ1v) is 6.54. The number of nitrogens with two attached hydrogens (primary N) is 1. The van der Waals surface area contributed by atoms with Crippen LogP contribution in [-0.2, 0) is 0 Å². The molecule has 15 heavy (non-hydrogen) atoms. The van der Waals surface area contributed by atoms with Gasteiger partial charge in [0.2, 0.25) is 0 Å². The Labute approximate surface area is 95.0 Å². The first-order chi connectivity index (χ1) is 7.08. The van der Waals surface area contributed by atoms with E-state index in [1.165, 1.54) is 32.2 Å². The van der Waals surface area contributed by atoms with Gasteiger partial charge in [-0.05, 0) is 37.0 Å². The van der Waals surface area contributed by atoms with Crippen LogP contribution in [0, 0.1) is 11.3 Å². The van der Waals surface area contributed by atoms with Gasteiger partial charge in [0.1, 0.15) is 0 Å². The fourth-order valence-electron chi connectivity index (χ4n) is 2.43. The summed E-state index contributed by atoms with van der Waals surface area (Å²) in [6, 6.07) is 0.336. The molecule has 0 bridgehead atoms. The lowest BCUT2D eigenvalue weighted by atomic mass is 10.00. The summed E-state index contributed by atoms with van der Waals surface area (Å²) >= 11 is 0. The summed E-state index contributed by atoms with van der Waals surface area (Å²) in [4.78, 5) is 0. The zero-order valence-corrected chi connectivity index (χ0v) is 10.7. The Balaban J connectivity index is 2.05. The summed E-state index contributed by atoms with van der Waals surface area (Å²) in [6.07, 6.45) is 6.69. The van der Waals surface area contributed by atoms with Crippen LogP contribution in [0.2, 0.25) is 0 Å². The fraction of sp³-hybridized carbons (Fsp3) is 1.00. The number of hydrogen-bond acceptors (Lipinski definition) is 2. The molecule has 1 atom stereocenters. The van der Waals surface area contributed by atoms with Crippen molar-refractivity contribution < 1.29 is 0 Å². The molecule has 0 aromatic heterocycles. The van der Waals surface area contributed by atoms with Crippen molar-refractivity contribution in [2.24, 2.45) is 17.1 Å². The van der Waals surface area contributed by atoms with Crippen LogP contribution in [0.4, 0.5) is 0 Å². The van der Waals surface area contributed by atoms with E-state index >= 15 is 0 Å². The van der Waals surface area contributed by atoms with Crippen molar-refractivity contribution in [1.82, 2.24) is 5.32 Å². The molecule has 0 aromatic carbocycles. The van der Waals surface area contributed by atoms with Gasteiger partial charge < -0.3 is 11.1 Å². The molecule has 1 unspecified atom stereocenters. The highest BCUT2D eigenvalue weighted by Gasteiger charge is 2.40. The minimum atomic E-state index is 0.336. The molecule has 1 saturated carbocycles. The van der Waals surface area contributed by atoms with Gasteiger partial charge in [0.15, 0.2) is 0 Å². The molecule has 0 amide bonds. The zero-order chi connectivity index (χ0) is 11.3. The number of nitrogens with one attached hydrogen (secondary N) is 1. The lowest BCUT2D eigenvalue weighted by molar-refractivity contribution is 0.396. The first-order valence-electron chi connectivity index (χ1n) is 6.54. The van der Waals surface area contributed by atoms with Crippen molar-refractivity contribution in [2.45, 2.75) is 58.9 Å². The van der Waals surface area contributed by atoms with Gasteiger partial charge in [0.05, 0.1) is 0 Å². The van der Waals surface area contributed by atoms with E-state index in [4.69, 9.17) is 5.73 Å². The second kappa shape index (κ2) is 5.86. The molecule has 0 aromatic rings. The van der Waals surface area contributed by atoms with Crippen LogP contribution in [0.25, 0.3) is 0 Å². The fourth-order valence-corrected chi connectivity index (χ4v) is 2.43. The van der Waals surface area contributed by atoms with Gasteiger partial charge in [0.25, 0.3) is 0 Å². The molecule has 0 spiro atoms. The highest BCUT2D eigenvalue weighted by molar-refractivity contribution is 4.94. The number of hydrogen-bond donors (Lipinski definition) is 2. The van der Waals surface area contributed by atoms with Crippen molar-refractivity contribution in [3.05, 3.63) is 0 Å². The third-order valence-electron chi connectivity index (χ3n) is 3.42. The Bertz CT molecular complexity index is 173. The minimum absolute atomic E-state index is 0.336. The van der Waals surface area contributed by atoms with Gasteiger partial charge in [-0.15, -0.1) is 0 Å². The highest BCUT2D eigenvalue weighted by Crippen LogP contribution is 2.48. The third-order valence-corrected chi connectivity index (χ3v) is 3.42. The van der Waals surface area contributed by atoms with Crippen molar-refractivity contribution in [1.29, 1.82) is 0 Å². The molecule has 0 saturated heterocycles. The Kier molecular flexibility index (Phi) is 5.07. The van der Waals surface area contributed by atoms with E-state index in [0.717, 1.165) is 13.0 Å².